The van der Waals surface area contributed by atoms with Crippen molar-refractivity contribution < 1.29 is 13.5 Å². The van der Waals surface area contributed by atoms with Gasteiger partial charge in [0, 0.05) is 18.7 Å². The van der Waals surface area contributed by atoms with E-state index in [4.69, 9.17) is 4.74 Å². The zero-order chi connectivity index (χ0) is 20.5. The highest BCUT2D eigenvalue weighted by Gasteiger charge is 2.22. The van der Waals surface area contributed by atoms with Crippen LogP contribution in [0.5, 0.6) is 5.75 Å². The molecule has 7 heteroatoms. The van der Waals surface area contributed by atoms with Gasteiger partial charge in [-0.05, 0) is 50.8 Å². The van der Waals surface area contributed by atoms with Crippen LogP contribution in [0.25, 0.3) is 0 Å². The van der Waals surface area contributed by atoms with Crippen molar-refractivity contribution in [3.8, 4) is 5.75 Å². The van der Waals surface area contributed by atoms with Gasteiger partial charge in [-0.3, -0.25) is 0 Å². The maximum atomic E-state index is 14.2. The molecule has 0 aliphatic carbocycles. The summed E-state index contributed by atoms with van der Waals surface area (Å²) in [5.41, 5.74) is 1.05. The van der Waals surface area contributed by atoms with E-state index in [1.807, 2.05) is 31.2 Å². The maximum Gasteiger partial charge on any atom is 0.191 e. The Balaban J connectivity index is 2.13. The number of nitrogens with one attached hydrogen (secondary N) is 2. The number of nitrogens with zero attached hydrogens (tertiary/aromatic N) is 2. The van der Waals surface area contributed by atoms with E-state index in [1.165, 1.54) is 18.2 Å². The molecule has 0 fully saturated rings. The number of aliphatic imine (C=N–C) groups is 1. The molecule has 5 nitrogen and oxygen atoms in total. The number of hydrogen-bond acceptors (Lipinski definition) is 3. The molecule has 0 heterocycles. The summed E-state index contributed by atoms with van der Waals surface area (Å²) in [6.45, 7) is 3.38. The van der Waals surface area contributed by atoms with Crippen molar-refractivity contribution in [1.29, 1.82) is 0 Å². The molecule has 0 aliphatic heterocycles. The second kappa shape index (κ2) is 10.6. The lowest BCUT2D eigenvalue weighted by Crippen LogP contribution is -2.42. The summed E-state index contributed by atoms with van der Waals surface area (Å²) in [6, 6.07) is 11.1. The zero-order valence-electron chi connectivity index (χ0n) is 16.8. The minimum Gasteiger partial charge on any atom is -0.497 e. The highest BCUT2D eigenvalue weighted by molar-refractivity contribution is 5.79. The molecule has 28 heavy (non-hydrogen) atoms. The third-order valence-corrected chi connectivity index (χ3v) is 4.32. The van der Waals surface area contributed by atoms with E-state index in [9.17, 15) is 8.78 Å². The third kappa shape index (κ3) is 5.92. The number of ether oxygens (including phenoxy) is 1. The van der Waals surface area contributed by atoms with Crippen molar-refractivity contribution in [3.63, 3.8) is 0 Å². The van der Waals surface area contributed by atoms with Crippen LogP contribution in [0.2, 0.25) is 0 Å². The summed E-state index contributed by atoms with van der Waals surface area (Å²) >= 11 is 0. The minimum atomic E-state index is -0.557. The first-order chi connectivity index (χ1) is 13.5. The SMILES string of the molecule is CCNC(=NCc1cccc(OC)c1)NCC(c1c(F)cccc1F)N(C)C. The highest BCUT2D eigenvalue weighted by Crippen LogP contribution is 2.23. The van der Waals surface area contributed by atoms with Crippen LogP contribution >= 0.6 is 0 Å². The maximum absolute atomic E-state index is 14.2. The molecule has 0 saturated carbocycles. The summed E-state index contributed by atoms with van der Waals surface area (Å²) in [6.07, 6.45) is 0. The fourth-order valence-electron chi connectivity index (χ4n) is 2.85. The van der Waals surface area contributed by atoms with Gasteiger partial charge in [-0.25, -0.2) is 13.8 Å². The molecule has 2 aromatic rings. The van der Waals surface area contributed by atoms with E-state index in [1.54, 1.807) is 26.1 Å². The molecule has 0 bridgehead atoms. The second-order valence-corrected chi connectivity index (χ2v) is 6.54. The van der Waals surface area contributed by atoms with Crippen molar-refractivity contribution in [2.75, 3.05) is 34.3 Å². The second-order valence-electron chi connectivity index (χ2n) is 6.54. The van der Waals surface area contributed by atoms with Gasteiger partial charge in [0.15, 0.2) is 5.96 Å². The van der Waals surface area contributed by atoms with Gasteiger partial charge in [-0.15, -0.1) is 0 Å². The van der Waals surface area contributed by atoms with Crippen molar-refractivity contribution >= 4 is 5.96 Å². The Labute approximate surface area is 165 Å². The lowest BCUT2D eigenvalue weighted by atomic mass is 10.0. The Bertz CT molecular complexity index is 775. The normalized spacial score (nSPS) is 12.8. The summed E-state index contributed by atoms with van der Waals surface area (Å²) in [5.74, 6) is 0.236. The van der Waals surface area contributed by atoms with E-state index in [2.05, 4.69) is 15.6 Å². The smallest absolute Gasteiger partial charge is 0.191 e. The van der Waals surface area contributed by atoms with Crippen molar-refractivity contribution in [1.82, 2.24) is 15.5 Å². The Morgan fingerprint density at radius 2 is 1.79 bits per heavy atom. The Morgan fingerprint density at radius 3 is 2.39 bits per heavy atom. The number of hydrogen-bond donors (Lipinski definition) is 2. The average molecular weight is 390 g/mol. The van der Waals surface area contributed by atoms with Crippen LogP contribution in [0.1, 0.15) is 24.1 Å². The molecule has 2 aromatic carbocycles. The summed E-state index contributed by atoms with van der Waals surface area (Å²) in [5, 5.41) is 6.34. The van der Waals surface area contributed by atoms with Crippen LogP contribution in [-0.2, 0) is 6.54 Å². The first-order valence-corrected chi connectivity index (χ1v) is 9.21. The number of halogens is 2. The Morgan fingerprint density at radius 1 is 1.11 bits per heavy atom. The quantitative estimate of drug-likeness (QED) is 0.536. The Kier molecular flexibility index (Phi) is 8.19. The van der Waals surface area contributed by atoms with E-state index in [0.717, 1.165) is 11.3 Å². The van der Waals surface area contributed by atoms with Crippen LogP contribution in [-0.4, -0.2) is 45.2 Å². The fraction of sp³-hybridized carbons (Fsp3) is 0.381. The number of benzene rings is 2. The number of guanidine groups is 1. The largest absolute Gasteiger partial charge is 0.497 e. The zero-order valence-corrected chi connectivity index (χ0v) is 16.8. The molecule has 0 saturated heterocycles. The molecule has 0 spiro atoms. The minimum absolute atomic E-state index is 0.0450. The van der Waals surface area contributed by atoms with Gasteiger partial charge in [0.2, 0.25) is 0 Å². The molecule has 2 N–H and O–H groups in total. The first-order valence-electron chi connectivity index (χ1n) is 9.21. The molecular formula is C21H28F2N4O. The average Bonchev–Trinajstić information content (AvgIpc) is 2.68. The molecule has 0 aliphatic rings. The van der Waals surface area contributed by atoms with Crippen molar-refractivity contribution in [3.05, 3.63) is 65.2 Å². The van der Waals surface area contributed by atoms with Gasteiger partial charge >= 0.3 is 0 Å². The van der Waals surface area contributed by atoms with Crippen molar-refractivity contribution in [2.45, 2.75) is 19.5 Å². The fourth-order valence-corrected chi connectivity index (χ4v) is 2.85. The topological polar surface area (TPSA) is 48.9 Å². The predicted octanol–water partition coefficient (Wildman–Crippen LogP) is 3.33. The standard InChI is InChI=1S/C21H28F2N4O/c1-5-24-21(25-13-15-8-6-9-16(12-15)28-4)26-14-19(27(2)3)20-17(22)10-7-11-18(20)23/h6-12,19H,5,13-14H2,1-4H3,(H2,24,25,26). The predicted molar refractivity (Wildman–Crippen MR) is 109 cm³/mol. The van der Waals surface area contributed by atoms with E-state index in [0.29, 0.717) is 25.6 Å². The van der Waals surface area contributed by atoms with Crippen LogP contribution in [0.3, 0.4) is 0 Å². The Hall–Kier alpha value is -2.67. The summed E-state index contributed by atoms with van der Waals surface area (Å²) in [4.78, 5) is 6.34. The molecule has 0 radical (unpaired) electrons. The van der Waals surface area contributed by atoms with Gasteiger partial charge < -0.3 is 20.3 Å². The van der Waals surface area contributed by atoms with Gasteiger partial charge in [-0.2, -0.15) is 0 Å². The van der Waals surface area contributed by atoms with Crippen LogP contribution in [0.4, 0.5) is 8.78 Å². The lowest BCUT2D eigenvalue weighted by molar-refractivity contribution is 0.282. The highest BCUT2D eigenvalue weighted by atomic mass is 19.1. The molecule has 1 unspecified atom stereocenters. The molecule has 0 aromatic heterocycles. The van der Waals surface area contributed by atoms with E-state index >= 15 is 0 Å². The van der Waals surface area contributed by atoms with Crippen LogP contribution < -0.4 is 15.4 Å². The molecule has 152 valence electrons. The molecule has 2 rings (SSSR count). The molecular weight excluding hydrogens is 362 g/mol. The van der Waals surface area contributed by atoms with Crippen LogP contribution in [0, 0.1) is 11.6 Å². The van der Waals surface area contributed by atoms with Crippen molar-refractivity contribution in [2.24, 2.45) is 4.99 Å². The summed E-state index contributed by atoms with van der Waals surface area (Å²) in [7, 11) is 5.20. The van der Waals surface area contributed by atoms with E-state index < -0.39 is 17.7 Å². The molecule has 1 atom stereocenters. The van der Waals surface area contributed by atoms with Crippen LogP contribution in [0.15, 0.2) is 47.5 Å². The first kappa shape index (κ1) is 21.6. The van der Waals surface area contributed by atoms with E-state index in [-0.39, 0.29) is 5.56 Å². The lowest BCUT2D eigenvalue weighted by Gasteiger charge is -2.26. The number of likely N-dealkylation sites (N-methyl/N-ethyl adjacent to an activating group) is 1. The number of methoxy groups -OCH3 is 1. The van der Waals surface area contributed by atoms with Gasteiger partial charge in [0.1, 0.15) is 17.4 Å². The monoisotopic (exact) mass is 390 g/mol. The summed E-state index contributed by atoms with van der Waals surface area (Å²) < 4.78 is 33.7. The van der Waals surface area contributed by atoms with Gasteiger partial charge in [-0.1, -0.05) is 18.2 Å². The van der Waals surface area contributed by atoms with Gasteiger partial charge in [0.05, 0.1) is 19.7 Å². The number of rotatable bonds is 8. The third-order valence-electron chi connectivity index (χ3n) is 4.32. The molecule has 0 amide bonds. The van der Waals surface area contributed by atoms with Gasteiger partial charge in [0.25, 0.3) is 0 Å².